The molecule has 0 aliphatic heterocycles. The van der Waals surface area contributed by atoms with E-state index in [1.807, 2.05) is 55.5 Å². The molecule has 3 heteroatoms. The van der Waals surface area contributed by atoms with Crippen LogP contribution in [0.4, 0.5) is 0 Å². The quantitative estimate of drug-likeness (QED) is 0.677. The summed E-state index contributed by atoms with van der Waals surface area (Å²) >= 11 is 0. The van der Waals surface area contributed by atoms with Gasteiger partial charge in [-0.05, 0) is 12.5 Å². The van der Waals surface area contributed by atoms with Gasteiger partial charge in [-0.3, -0.25) is 4.79 Å². The number of hydrogen-bond acceptors (Lipinski definition) is 2. The molecule has 0 bridgehead atoms. The van der Waals surface area contributed by atoms with Gasteiger partial charge < -0.3 is 4.57 Å². The summed E-state index contributed by atoms with van der Waals surface area (Å²) < 4.78 is 13.9. The van der Waals surface area contributed by atoms with Crippen LogP contribution in [-0.2, 0) is 4.57 Å². The lowest BCUT2D eigenvalue weighted by Crippen LogP contribution is -2.23. The van der Waals surface area contributed by atoms with Crippen molar-refractivity contribution in [3.8, 4) is 0 Å². The Kier molecular flexibility index (Phi) is 4.27. The first-order valence-corrected chi connectivity index (χ1v) is 9.16. The summed E-state index contributed by atoms with van der Waals surface area (Å²) in [5.41, 5.74) is 1.04. The van der Waals surface area contributed by atoms with Crippen LogP contribution in [0.25, 0.3) is 0 Å². The highest BCUT2D eigenvalue weighted by molar-refractivity contribution is 7.93. The molecular weight excluding hydrogens is 303 g/mol. The Hall–Kier alpha value is -2.44. The molecule has 0 unspecified atom stereocenters. The van der Waals surface area contributed by atoms with Gasteiger partial charge in [-0.2, -0.15) is 0 Å². The Labute approximate surface area is 136 Å². The normalized spacial score (nSPS) is 11.2. The van der Waals surface area contributed by atoms with Crippen molar-refractivity contribution in [2.75, 3.05) is 0 Å². The summed E-state index contributed by atoms with van der Waals surface area (Å²) in [6, 6.07) is 25.3. The Morgan fingerprint density at radius 2 is 1.13 bits per heavy atom. The molecule has 0 aliphatic carbocycles. The van der Waals surface area contributed by atoms with Crippen molar-refractivity contribution in [2.24, 2.45) is 0 Å². The van der Waals surface area contributed by atoms with Gasteiger partial charge in [-0.15, -0.1) is 0 Å². The molecule has 0 atom stereocenters. The minimum Gasteiger partial charge on any atom is -0.305 e. The summed E-state index contributed by atoms with van der Waals surface area (Å²) in [6.45, 7) is 1.87. The van der Waals surface area contributed by atoms with Crippen LogP contribution < -0.4 is 10.6 Å². The Morgan fingerprint density at radius 1 is 0.696 bits per heavy atom. The number of aryl methyl sites for hydroxylation is 1. The second-order valence-corrected chi connectivity index (χ2v) is 8.06. The third-order valence-electron chi connectivity index (χ3n) is 3.90. The van der Waals surface area contributed by atoms with E-state index < -0.39 is 7.14 Å². The maximum atomic E-state index is 13.9. The molecule has 3 aromatic rings. The van der Waals surface area contributed by atoms with Crippen molar-refractivity contribution in [1.82, 2.24) is 0 Å². The van der Waals surface area contributed by atoms with E-state index in [0.717, 1.165) is 5.56 Å². The van der Waals surface area contributed by atoms with Crippen LogP contribution in [0.3, 0.4) is 0 Å². The topological polar surface area (TPSA) is 34.1 Å². The molecule has 3 aromatic carbocycles. The van der Waals surface area contributed by atoms with E-state index >= 15 is 0 Å². The molecular formula is C20H17O2P. The SMILES string of the molecule is Cc1ccccc1C(=O)P(=O)(c1ccccc1)c1ccccc1. The minimum absolute atomic E-state index is 0.312. The number of rotatable bonds is 4. The first-order valence-electron chi connectivity index (χ1n) is 7.46. The summed E-state index contributed by atoms with van der Waals surface area (Å²) in [5.74, 6) is 0. The van der Waals surface area contributed by atoms with Crippen LogP contribution in [-0.4, -0.2) is 5.52 Å². The molecule has 0 aromatic heterocycles. The third-order valence-corrected chi connectivity index (χ3v) is 6.76. The number of carbonyl (C=O) groups is 1. The molecule has 0 radical (unpaired) electrons. The van der Waals surface area contributed by atoms with Crippen molar-refractivity contribution in [2.45, 2.75) is 6.92 Å². The van der Waals surface area contributed by atoms with Crippen LogP contribution >= 0.6 is 7.14 Å². The van der Waals surface area contributed by atoms with Gasteiger partial charge in [0.1, 0.15) is 0 Å². The standard InChI is InChI=1S/C20H17O2P/c1-16-10-8-9-15-19(16)20(21)23(22,17-11-4-2-5-12-17)18-13-6-3-7-14-18/h2-15H,1H3. The van der Waals surface area contributed by atoms with Gasteiger partial charge in [0.2, 0.25) is 12.7 Å². The highest BCUT2D eigenvalue weighted by Gasteiger charge is 2.36. The fraction of sp³-hybridized carbons (Fsp3) is 0.0500. The summed E-state index contributed by atoms with van der Waals surface area (Å²) in [4.78, 5) is 13.2. The predicted molar refractivity (Wildman–Crippen MR) is 95.3 cm³/mol. The molecule has 114 valence electrons. The molecule has 3 rings (SSSR count). The van der Waals surface area contributed by atoms with Gasteiger partial charge in [0.05, 0.1) is 0 Å². The highest BCUT2D eigenvalue weighted by atomic mass is 31.2. The number of hydrogen-bond donors (Lipinski definition) is 0. The minimum atomic E-state index is -3.40. The van der Waals surface area contributed by atoms with Gasteiger partial charge in [0.15, 0.2) is 0 Å². The number of benzene rings is 3. The van der Waals surface area contributed by atoms with E-state index in [4.69, 9.17) is 0 Å². The Balaban J connectivity index is 2.24. The van der Waals surface area contributed by atoms with Crippen molar-refractivity contribution >= 4 is 23.3 Å². The Bertz CT molecular complexity index is 827. The molecule has 0 amide bonds. The monoisotopic (exact) mass is 320 g/mol. The molecule has 0 heterocycles. The van der Waals surface area contributed by atoms with Gasteiger partial charge in [-0.1, -0.05) is 84.9 Å². The summed E-state index contributed by atoms with van der Waals surface area (Å²) in [6.07, 6.45) is 0. The van der Waals surface area contributed by atoms with E-state index in [9.17, 15) is 9.36 Å². The average molecular weight is 320 g/mol. The lowest BCUT2D eigenvalue weighted by atomic mass is 10.1. The van der Waals surface area contributed by atoms with Crippen LogP contribution in [0, 0.1) is 6.92 Å². The molecule has 0 saturated carbocycles. The van der Waals surface area contributed by atoms with Gasteiger partial charge >= 0.3 is 0 Å². The van der Waals surface area contributed by atoms with Crippen LogP contribution in [0.5, 0.6) is 0 Å². The van der Waals surface area contributed by atoms with E-state index in [0.29, 0.717) is 16.2 Å². The zero-order valence-corrected chi connectivity index (χ0v) is 13.7. The fourth-order valence-electron chi connectivity index (χ4n) is 2.64. The second-order valence-electron chi connectivity index (χ2n) is 5.40. The maximum absolute atomic E-state index is 13.9. The number of carbonyl (C=O) groups excluding carboxylic acids is 1. The zero-order valence-electron chi connectivity index (χ0n) is 12.8. The summed E-state index contributed by atoms with van der Waals surface area (Å²) in [5, 5.41) is 1.14. The molecule has 2 nitrogen and oxygen atoms in total. The Morgan fingerprint density at radius 3 is 1.61 bits per heavy atom. The van der Waals surface area contributed by atoms with Crippen LogP contribution in [0.15, 0.2) is 84.9 Å². The largest absolute Gasteiger partial charge is 0.305 e. The lowest BCUT2D eigenvalue weighted by Gasteiger charge is -2.19. The van der Waals surface area contributed by atoms with Crippen LogP contribution in [0.1, 0.15) is 15.9 Å². The first kappa shape index (κ1) is 15.5. The van der Waals surface area contributed by atoms with E-state index in [1.54, 1.807) is 36.4 Å². The smallest absolute Gasteiger partial charge is 0.230 e. The molecule has 0 fully saturated rings. The van der Waals surface area contributed by atoms with Crippen molar-refractivity contribution in [1.29, 1.82) is 0 Å². The van der Waals surface area contributed by atoms with Gasteiger partial charge in [0.25, 0.3) is 0 Å². The zero-order chi connectivity index (χ0) is 16.3. The molecule has 23 heavy (non-hydrogen) atoms. The van der Waals surface area contributed by atoms with Crippen molar-refractivity contribution in [3.05, 3.63) is 96.1 Å². The van der Waals surface area contributed by atoms with Crippen LogP contribution in [0.2, 0.25) is 0 Å². The van der Waals surface area contributed by atoms with E-state index in [-0.39, 0.29) is 5.52 Å². The molecule has 0 saturated heterocycles. The fourth-order valence-corrected chi connectivity index (χ4v) is 5.18. The maximum Gasteiger partial charge on any atom is 0.230 e. The molecule has 0 N–H and O–H groups in total. The third kappa shape index (κ3) is 2.78. The van der Waals surface area contributed by atoms with E-state index in [1.165, 1.54) is 0 Å². The lowest BCUT2D eigenvalue weighted by molar-refractivity contribution is 0.107. The molecule has 0 spiro atoms. The van der Waals surface area contributed by atoms with Crippen molar-refractivity contribution < 1.29 is 9.36 Å². The predicted octanol–water partition coefficient (Wildman–Crippen LogP) is 4.15. The van der Waals surface area contributed by atoms with Gasteiger partial charge in [-0.25, -0.2) is 0 Å². The highest BCUT2D eigenvalue weighted by Crippen LogP contribution is 2.47. The second kappa shape index (κ2) is 6.36. The summed E-state index contributed by atoms with van der Waals surface area (Å²) in [7, 11) is -3.40. The van der Waals surface area contributed by atoms with Gasteiger partial charge in [0, 0.05) is 16.2 Å². The van der Waals surface area contributed by atoms with E-state index in [2.05, 4.69) is 0 Å². The first-order chi connectivity index (χ1) is 11.1. The molecule has 0 aliphatic rings. The van der Waals surface area contributed by atoms with Crippen molar-refractivity contribution in [3.63, 3.8) is 0 Å². The average Bonchev–Trinajstić information content (AvgIpc) is 2.62.